The number of rotatable bonds is 8. The zero-order valence-electron chi connectivity index (χ0n) is 29.0. The number of fused-ring (bicyclic) bond motifs is 3. The van der Waals surface area contributed by atoms with Gasteiger partial charge in [-0.1, -0.05) is 136 Å². The topological polar surface area (TPSA) is 6.48 Å². The highest BCUT2D eigenvalue weighted by Crippen LogP contribution is 2.51. The van der Waals surface area contributed by atoms with E-state index in [0.29, 0.717) is 5.92 Å². The molecular formula is C48H42N2. The molecule has 2 heteroatoms. The lowest BCUT2D eigenvalue weighted by atomic mass is 9.81. The van der Waals surface area contributed by atoms with Crippen LogP contribution in [0.15, 0.2) is 187 Å². The van der Waals surface area contributed by atoms with E-state index >= 15 is 0 Å². The van der Waals surface area contributed by atoms with Crippen LogP contribution in [0.4, 0.5) is 28.4 Å². The van der Waals surface area contributed by atoms with Crippen molar-refractivity contribution < 1.29 is 0 Å². The maximum atomic E-state index is 2.40. The van der Waals surface area contributed by atoms with Gasteiger partial charge >= 0.3 is 0 Å². The molecule has 2 nitrogen and oxygen atoms in total. The van der Waals surface area contributed by atoms with Crippen LogP contribution in [-0.4, -0.2) is 0 Å². The molecular weight excluding hydrogens is 605 g/mol. The lowest BCUT2D eigenvalue weighted by Crippen LogP contribution is -2.23. The molecule has 6 aromatic carbocycles. The fraction of sp³-hybridized carbons (Fsp3) is 0.125. The van der Waals surface area contributed by atoms with E-state index in [9.17, 15) is 0 Å². The molecule has 1 atom stereocenters. The monoisotopic (exact) mass is 646 g/mol. The first-order chi connectivity index (χ1) is 24.5. The Morgan fingerprint density at radius 2 is 0.980 bits per heavy atom. The van der Waals surface area contributed by atoms with Crippen LogP contribution in [0, 0.1) is 5.92 Å². The number of hydrogen-bond donors (Lipinski definition) is 0. The summed E-state index contributed by atoms with van der Waals surface area (Å²) in [7, 11) is 0. The number of hydrogen-bond acceptors (Lipinski definition) is 2. The van der Waals surface area contributed by atoms with Gasteiger partial charge in [0.05, 0.1) is 0 Å². The minimum Gasteiger partial charge on any atom is -0.314 e. The summed E-state index contributed by atoms with van der Waals surface area (Å²) >= 11 is 0. The number of para-hydroxylation sites is 4. The van der Waals surface area contributed by atoms with E-state index in [2.05, 4.69) is 213 Å². The summed E-state index contributed by atoms with van der Waals surface area (Å²) in [4.78, 5) is 4.75. The van der Waals surface area contributed by atoms with Crippen molar-refractivity contribution in [1.29, 1.82) is 0 Å². The molecule has 0 N–H and O–H groups in total. The van der Waals surface area contributed by atoms with Crippen molar-refractivity contribution in [2.75, 3.05) is 9.80 Å². The van der Waals surface area contributed by atoms with E-state index in [0.717, 1.165) is 17.8 Å². The second kappa shape index (κ2) is 13.2. The maximum Gasteiger partial charge on any atom is 0.0465 e. The molecule has 1 unspecified atom stereocenters. The zero-order chi connectivity index (χ0) is 34.1. The number of nitrogens with zero attached hydrogens (tertiary/aromatic N) is 2. The van der Waals surface area contributed by atoms with Gasteiger partial charge in [-0.2, -0.15) is 0 Å². The molecule has 0 saturated carbocycles. The summed E-state index contributed by atoms with van der Waals surface area (Å²) in [5, 5.41) is 0. The van der Waals surface area contributed by atoms with Gasteiger partial charge in [-0.25, -0.2) is 0 Å². The van der Waals surface area contributed by atoms with E-state index in [1.54, 1.807) is 0 Å². The first-order valence-electron chi connectivity index (χ1n) is 17.7. The number of benzene rings is 6. The van der Waals surface area contributed by atoms with Gasteiger partial charge in [0.2, 0.25) is 0 Å². The van der Waals surface area contributed by atoms with Crippen molar-refractivity contribution >= 4 is 34.5 Å². The van der Waals surface area contributed by atoms with Crippen LogP contribution in [0.2, 0.25) is 0 Å². The summed E-state index contributed by atoms with van der Waals surface area (Å²) in [6.07, 6.45) is 10.2. The summed E-state index contributed by atoms with van der Waals surface area (Å²) in [5.41, 5.74) is 15.0. The summed E-state index contributed by atoms with van der Waals surface area (Å²) in [5.74, 6) is 0.369. The van der Waals surface area contributed by atoms with Crippen LogP contribution in [0.1, 0.15) is 43.9 Å². The van der Waals surface area contributed by atoms with Gasteiger partial charge in [0.25, 0.3) is 0 Å². The van der Waals surface area contributed by atoms with Gasteiger partial charge in [-0.15, -0.1) is 0 Å². The van der Waals surface area contributed by atoms with Crippen molar-refractivity contribution in [3.05, 3.63) is 204 Å². The Morgan fingerprint density at radius 3 is 1.50 bits per heavy atom. The predicted octanol–water partition coefficient (Wildman–Crippen LogP) is 13.2. The van der Waals surface area contributed by atoms with Crippen molar-refractivity contribution in [3.63, 3.8) is 0 Å². The van der Waals surface area contributed by atoms with Crippen molar-refractivity contribution in [2.45, 2.75) is 32.6 Å². The Morgan fingerprint density at radius 1 is 0.500 bits per heavy atom. The average Bonchev–Trinajstić information content (AvgIpc) is 3.38. The Labute approximate surface area is 297 Å². The van der Waals surface area contributed by atoms with Crippen LogP contribution in [0.3, 0.4) is 0 Å². The summed E-state index contributed by atoms with van der Waals surface area (Å²) in [6, 6.07) is 56.7. The minimum absolute atomic E-state index is 0.127. The molecule has 0 aliphatic heterocycles. The highest BCUT2D eigenvalue weighted by atomic mass is 15.2. The molecule has 6 aromatic rings. The van der Waals surface area contributed by atoms with E-state index in [1.807, 2.05) is 0 Å². The van der Waals surface area contributed by atoms with Gasteiger partial charge in [0.1, 0.15) is 0 Å². The van der Waals surface area contributed by atoms with Crippen molar-refractivity contribution in [1.82, 2.24) is 0 Å². The first kappa shape index (κ1) is 31.4. The molecule has 0 fully saturated rings. The van der Waals surface area contributed by atoms with Crippen LogP contribution >= 0.6 is 0 Å². The smallest absolute Gasteiger partial charge is 0.0465 e. The molecule has 8 rings (SSSR count). The standard InChI is InChI=1S/C48H42N2/c1-35-32-36(27-31-47(35)50(40-20-12-6-13-21-40)41-22-14-7-15-23-41)24-25-37-26-29-43-44-30-28-42(34-46(44)48(2,3)45(43)33-37)49(38-16-8-4-9-17-38)39-18-10-5-11-19-39/h4-31,33-35H,32H2,1-3H3/b25-24+. The fourth-order valence-corrected chi connectivity index (χ4v) is 7.69. The summed E-state index contributed by atoms with van der Waals surface area (Å²) in [6.45, 7) is 7.08. The van der Waals surface area contributed by atoms with E-state index in [4.69, 9.17) is 0 Å². The molecule has 50 heavy (non-hydrogen) atoms. The summed E-state index contributed by atoms with van der Waals surface area (Å²) < 4.78 is 0. The Balaban J connectivity index is 1.08. The molecule has 0 heterocycles. The second-order valence-corrected chi connectivity index (χ2v) is 13.9. The molecule has 2 aliphatic carbocycles. The molecule has 2 aliphatic rings. The van der Waals surface area contributed by atoms with Gasteiger partial charge < -0.3 is 9.80 Å². The van der Waals surface area contributed by atoms with Crippen molar-refractivity contribution in [2.24, 2.45) is 5.92 Å². The first-order valence-corrected chi connectivity index (χ1v) is 17.7. The van der Waals surface area contributed by atoms with Crippen LogP contribution in [0.5, 0.6) is 0 Å². The third-order valence-corrected chi connectivity index (χ3v) is 10.3. The fourth-order valence-electron chi connectivity index (χ4n) is 7.69. The van der Waals surface area contributed by atoms with Gasteiger partial charge in [0, 0.05) is 45.5 Å². The van der Waals surface area contributed by atoms with Gasteiger partial charge in [-0.05, 0) is 107 Å². The second-order valence-electron chi connectivity index (χ2n) is 13.9. The number of allylic oxidation sites excluding steroid dienone is 5. The zero-order valence-corrected chi connectivity index (χ0v) is 29.0. The van der Waals surface area contributed by atoms with Gasteiger partial charge in [0.15, 0.2) is 0 Å². The minimum atomic E-state index is -0.127. The van der Waals surface area contributed by atoms with E-state index < -0.39 is 0 Å². The number of anilines is 5. The Hall–Kier alpha value is -5.86. The molecule has 0 bridgehead atoms. The molecule has 0 radical (unpaired) electrons. The molecule has 244 valence electrons. The normalized spacial score (nSPS) is 15.9. The quantitative estimate of drug-likeness (QED) is 0.162. The highest BCUT2D eigenvalue weighted by molar-refractivity contribution is 5.86. The van der Waals surface area contributed by atoms with Crippen LogP contribution in [-0.2, 0) is 5.41 Å². The lowest BCUT2D eigenvalue weighted by Gasteiger charge is -2.33. The molecule has 0 saturated heterocycles. The Kier molecular flexibility index (Phi) is 8.30. The molecule has 0 aromatic heterocycles. The largest absolute Gasteiger partial charge is 0.314 e. The van der Waals surface area contributed by atoms with Gasteiger partial charge in [-0.3, -0.25) is 0 Å². The van der Waals surface area contributed by atoms with E-state index in [1.165, 1.54) is 56.1 Å². The average molecular weight is 647 g/mol. The highest BCUT2D eigenvalue weighted by Gasteiger charge is 2.36. The van der Waals surface area contributed by atoms with Crippen LogP contribution < -0.4 is 9.80 Å². The third-order valence-electron chi connectivity index (χ3n) is 10.3. The predicted molar refractivity (Wildman–Crippen MR) is 213 cm³/mol. The maximum absolute atomic E-state index is 2.40. The molecule has 0 amide bonds. The van der Waals surface area contributed by atoms with Crippen LogP contribution in [0.25, 0.3) is 17.2 Å². The SMILES string of the molecule is CC1CC(/C=C/c2ccc3c(c2)C(C)(C)c2cc(N(c4ccccc4)c4ccccc4)ccc2-3)=CC=C1N(c1ccccc1)c1ccccc1. The van der Waals surface area contributed by atoms with E-state index in [-0.39, 0.29) is 5.41 Å². The molecule has 0 spiro atoms. The third kappa shape index (κ3) is 5.88. The Bertz CT molecular complexity index is 2130. The lowest BCUT2D eigenvalue weighted by molar-refractivity contribution is 0.656. The van der Waals surface area contributed by atoms with Crippen molar-refractivity contribution in [3.8, 4) is 11.1 Å².